The summed E-state index contributed by atoms with van der Waals surface area (Å²) in [6.07, 6.45) is 4.61. The maximum Gasteiger partial charge on any atom is 0.387 e. The van der Waals surface area contributed by atoms with Crippen molar-refractivity contribution in [2.45, 2.75) is 26.1 Å². The third kappa shape index (κ3) is 6.17. The highest BCUT2D eigenvalue weighted by Crippen LogP contribution is 2.29. The average molecular weight is 333 g/mol. The van der Waals surface area contributed by atoms with E-state index in [0.29, 0.717) is 12.5 Å². The highest BCUT2D eigenvalue weighted by atomic mass is 19.3. The topological polar surface area (TPSA) is 47.6 Å². The lowest BCUT2D eigenvalue weighted by molar-refractivity contribution is -0.116. The molecule has 0 heterocycles. The fourth-order valence-electron chi connectivity index (χ4n) is 1.82. The number of amides is 1. The van der Waals surface area contributed by atoms with Gasteiger partial charge in [-0.2, -0.15) is 17.6 Å². The van der Waals surface area contributed by atoms with E-state index in [0.717, 1.165) is 18.9 Å². The molecular formula is C15H15F4NO3. The summed E-state index contributed by atoms with van der Waals surface area (Å²) in [4.78, 5) is 11.6. The molecule has 1 aliphatic rings. The summed E-state index contributed by atoms with van der Waals surface area (Å²) in [5, 5.41) is 2.67. The lowest BCUT2D eigenvalue weighted by Crippen LogP contribution is -2.23. The summed E-state index contributed by atoms with van der Waals surface area (Å²) in [5.74, 6) is -0.529. The van der Waals surface area contributed by atoms with Crippen LogP contribution in [0.3, 0.4) is 0 Å². The molecule has 126 valence electrons. The first kappa shape index (κ1) is 17.1. The Kier molecular flexibility index (Phi) is 5.84. The van der Waals surface area contributed by atoms with Crippen LogP contribution in [0.4, 0.5) is 17.6 Å². The van der Waals surface area contributed by atoms with Gasteiger partial charge < -0.3 is 14.8 Å². The quantitative estimate of drug-likeness (QED) is 0.586. The predicted octanol–water partition coefficient (Wildman–Crippen LogP) is 3.43. The number of hydrogen-bond acceptors (Lipinski definition) is 3. The van der Waals surface area contributed by atoms with Crippen LogP contribution in [0.15, 0.2) is 24.3 Å². The maximum atomic E-state index is 12.4. The molecule has 23 heavy (non-hydrogen) atoms. The van der Waals surface area contributed by atoms with Crippen LogP contribution in [0.5, 0.6) is 11.5 Å². The van der Waals surface area contributed by atoms with Gasteiger partial charge in [-0.15, -0.1) is 0 Å². The van der Waals surface area contributed by atoms with Crippen molar-refractivity contribution in [3.8, 4) is 11.5 Å². The molecule has 1 aliphatic carbocycles. The van der Waals surface area contributed by atoms with Gasteiger partial charge >= 0.3 is 13.2 Å². The molecule has 1 N–H and O–H groups in total. The molecule has 0 aliphatic heterocycles. The van der Waals surface area contributed by atoms with Gasteiger partial charge in [-0.25, -0.2) is 0 Å². The molecule has 0 spiro atoms. The van der Waals surface area contributed by atoms with E-state index < -0.39 is 13.2 Å². The molecule has 0 aromatic heterocycles. The summed E-state index contributed by atoms with van der Waals surface area (Å²) in [6, 6.07) is 3.34. The Balaban J connectivity index is 2.06. The van der Waals surface area contributed by atoms with Crippen molar-refractivity contribution in [3.05, 3.63) is 29.8 Å². The summed E-state index contributed by atoms with van der Waals surface area (Å²) < 4.78 is 57.5. The Hall–Kier alpha value is -2.25. The standard InChI is InChI=1S/C15H15F4NO3/c16-14(17)22-11-5-3-10(12(7-11)23-15(18)19)4-6-13(21)20-8-9-1-2-9/h3-7,9,14-15H,1-2,8H2,(H,20,21)/b6-4+. The van der Waals surface area contributed by atoms with Crippen LogP contribution in [0.2, 0.25) is 0 Å². The van der Waals surface area contributed by atoms with Gasteiger partial charge in [-0.1, -0.05) is 0 Å². The number of ether oxygens (including phenoxy) is 2. The van der Waals surface area contributed by atoms with Gasteiger partial charge in [-0.05, 0) is 37.0 Å². The molecule has 8 heteroatoms. The second-order valence-corrected chi connectivity index (χ2v) is 4.98. The maximum absolute atomic E-state index is 12.4. The zero-order valence-electron chi connectivity index (χ0n) is 12.0. The zero-order chi connectivity index (χ0) is 16.8. The van der Waals surface area contributed by atoms with Gasteiger partial charge in [0.05, 0.1) is 0 Å². The Morgan fingerprint density at radius 3 is 2.52 bits per heavy atom. The van der Waals surface area contributed by atoms with E-state index in [1.165, 1.54) is 24.3 Å². The lowest BCUT2D eigenvalue weighted by Gasteiger charge is -2.11. The Morgan fingerprint density at radius 2 is 1.91 bits per heavy atom. The van der Waals surface area contributed by atoms with Gasteiger partial charge in [0.15, 0.2) is 0 Å². The van der Waals surface area contributed by atoms with E-state index in [2.05, 4.69) is 14.8 Å². The Labute approximate surface area is 130 Å². The predicted molar refractivity (Wildman–Crippen MR) is 74.5 cm³/mol. The van der Waals surface area contributed by atoms with Crippen LogP contribution in [0.25, 0.3) is 6.08 Å². The van der Waals surface area contributed by atoms with Crippen molar-refractivity contribution in [2.24, 2.45) is 5.92 Å². The van der Waals surface area contributed by atoms with Crippen LogP contribution >= 0.6 is 0 Å². The van der Waals surface area contributed by atoms with Gasteiger partial charge in [0.25, 0.3) is 0 Å². The van der Waals surface area contributed by atoms with Crippen molar-refractivity contribution in [1.82, 2.24) is 5.32 Å². The van der Waals surface area contributed by atoms with Crippen LogP contribution in [0, 0.1) is 5.92 Å². The number of rotatable bonds is 8. The van der Waals surface area contributed by atoms with E-state index in [1.54, 1.807) is 0 Å². The fourth-order valence-corrected chi connectivity index (χ4v) is 1.82. The number of halogens is 4. The number of carbonyl (C=O) groups excluding carboxylic acids is 1. The first-order valence-electron chi connectivity index (χ1n) is 6.93. The second-order valence-electron chi connectivity index (χ2n) is 4.98. The number of benzene rings is 1. The number of carbonyl (C=O) groups is 1. The molecule has 0 atom stereocenters. The fraction of sp³-hybridized carbons (Fsp3) is 0.400. The summed E-state index contributed by atoms with van der Waals surface area (Å²) in [5.41, 5.74) is 0.147. The van der Waals surface area contributed by atoms with Crippen LogP contribution in [0.1, 0.15) is 18.4 Å². The van der Waals surface area contributed by atoms with Gasteiger partial charge in [-0.3, -0.25) is 4.79 Å². The molecule has 0 saturated heterocycles. The van der Waals surface area contributed by atoms with Crippen molar-refractivity contribution >= 4 is 12.0 Å². The van der Waals surface area contributed by atoms with Crippen LogP contribution in [-0.2, 0) is 4.79 Å². The Morgan fingerprint density at radius 1 is 1.22 bits per heavy atom. The van der Waals surface area contributed by atoms with Gasteiger partial charge in [0.2, 0.25) is 5.91 Å². The first-order chi connectivity index (χ1) is 10.9. The molecule has 1 fully saturated rings. The van der Waals surface area contributed by atoms with Crippen LogP contribution in [-0.4, -0.2) is 25.7 Å². The van der Waals surface area contributed by atoms with Gasteiger partial charge in [0.1, 0.15) is 11.5 Å². The summed E-state index contributed by atoms with van der Waals surface area (Å²) >= 11 is 0. The van der Waals surface area contributed by atoms with E-state index in [1.807, 2.05) is 0 Å². The largest absolute Gasteiger partial charge is 0.435 e. The van der Waals surface area contributed by atoms with E-state index in [-0.39, 0.29) is 23.0 Å². The molecule has 0 bridgehead atoms. The molecule has 1 amide bonds. The highest BCUT2D eigenvalue weighted by molar-refractivity contribution is 5.92. The number of hydrogen-bond donors (Lipinski definition) is 1. The Bertz CT molecular complexity index is 574. The number of nitrogens with one attached hydrogen (secondary N) is 1. The normalized spacial score (nSPS) is 14.5. The summed E-state index contributed by atoms with van der Waals surface area (Å²) in [7, 11) is 0. The lowest BCUT2D eigenvalue weighted by atomic mass is 10.1. The van der Waals surface area contributed by atoms with E-state index >= 15 is 0 Å². The average Bonchev–Trinajstić information content (AvgIpc) is 3.27. The first-order valence-corrected chi connectivity index (χ1v) is 6.93. The third-order valence-electron chi connectivity index (χ3n) is 3.10. The highest BCUT2D eigenvalue weighted by Gasteiger charge is 2.21. The third-order valence-corrected chi connectivity index (χ3v) is 3.10. The zero-order valence-corrected chi connectivity index (χ0v) is 12.0. The molecule has 1 saturated carbocycles. The molecule has 2 rings (SSSR count). The van der Waals surface area contributed by atoms with Crippen molar-refractivity contribution < 1.29 is 31.8 Å². The number of alkyl halides is 4. The summed E-state index contributed by atoms with van der Waals surface area (Å²) in [6.45, 7) is -5.64. The smallest absolute Gasteiger partial charge is 0.387 e. The molecule has 4 nitrogen and oxygen atoms in total. The molecule has 1 aromatic rings. The van der Waals surface area contributed by atoms with Crippen molar-refractivity contribution in [3.63, 3.8) is 0 Å². The van der Waals surface area contributed by atoms with Crippen molar-refractivity contribution in [1.29, 1.82) is 0 Å². The van der Waals surface area contributed by atoms with E-state index in [4.69, 9.17) is 0 Å². The van der Waals surface area contributed by atoms with Gasteiger partial charge in [0, 0.05) is 24.3 Å². The molecule has 0 unspecified atom stereocenters. The minimum atomic E-state index is -3.13. The monoisotopic (exact) mass is 333 g/mol. The SMILES string of the molecule is O=C(/C=C/c1ccc(OC(F)F)cc1OC(F)F)NCC1CC1. The molecule has 1 aromatic carbocycles. The van der Waals surface area contributed by atoms with E-state index in [9.17, 15) is 22.4 Å². The minimum Gasteiger partial charge on any atom is -0.435 e. The minimum absolute atomic E-state index is 0.147. The molecular weight excluding hydrogens is 318 g/mol. The molecule has 0 radical (unpaired) electrons. The van der Waals surface area contributed by atoms with Crippen molar-refractivity contribution in [2.75, 3.05) is 6.54 Å². The van der Waals surface area contributed by atoms with Crippen LogP contribution < -0.4 is 14.8 Å². The second kappa shape index (κ2) is 7.85.